The topological polar surface area (TPSA) is 64.7 Å². The van der Waals surface area contributed by atoms with Crippen molar-refractivity contribution in [1.82, 2.24) is 0 Å². The quantitative estimate of drug-likeness (QED) is 0.809. The van der Waals surface area contributed by atoms with Crippen LogP contribution in [0.2, 0.25) is 0 Å². The Morgan fingerprint density at radius 1 is 0.900 bits per heavy atom. The average molecular weight is 273 g/mol. The first-order chi connectivity index (χ1) is 9.79. The van der Waals surface area contributed by atoms with Crippen LogP contribution < -0.4 is 15.2 Å². The lowest BCUT2D eigenvalue weighted by Crippen LogP contribution is -2.26. The summed E-state index contributed by atoms with van der Waals surface area (Å²) in [5, 5.41) is 9.43. The molecule has 1 unspecified atom stereocenters. The zero-order chi connectivity index (χ0) is 14.2. The number of nitrogens with two attached hydrogens (primary N) is 1. The van der Waals surface area contributed by atoms with Crippen molar-refractivity contribution in [3.63, 3.8) is 0 Å². The van der Waals surface area contributed by atoms with Crippen molar-refractivity contribution in [2.45, 2.75) is 12.7 Å². The van der Waals surface area contributed by atoms with E-state index in [1.54, 1.807) is 0 Å². The van der Waals surface area contributed by atoms with Gasteiger partial charge in [0.05, 0.1) is 0 Å². The predicted octanol–water partition coefficient (Wildman–Crippen LogP) is 1.96. The van der Waals surface area contributed by atoms with Crippen molar-refractivity contribution in [3.05, 3.63) is 60.2 Å². The van der Waals surface area contributed by atoms with E-state index in [9.17, 15) is 5.11 Å². The highest BCUT2D eigenvalue weighted by atomic mass is 16.5. The second-order valence-electron chi connectivity index (χ2n) is 4.42. The highest BCUT2D eigenvalue weighted by Crippen LogP contribution is 2.27. The van der Waals surface area contributed by atoms with Crippen molar-refractivity contribution >= 4 is 0 Å². The van der Waals surface area contributed by atoms with Gasteiger partial charge in [-0.3, -0.25) is 0 Å². The molecule has 2 rings (SSSR count). The molecule has 4 heteroatoms. The zero-order valence-corrected chi connectivity index (χ0v) is 11.2. The van der Waals surface area contributed by atoms with Crippen LogP contribution in [-0.2, 0) is 6.61 Å². The Morgan fingerprint density at radius 2 is 1.50 bits per heavy atom. The molecule has 0 saturated carbocycles. The van der Waals surface area contributed by atoms with E-state index in [2.05, 4.69) is 0 Å². The number of hydrogen-bond acceptors (Lipinski definition) is 4. The number of hydrogen-bond donors (Lipinski definition) is 2. The molecule has 0 aliphatic rings. The van der Waals surface area contributed by atoms with Gasteiger partial charge in [-0.25, -0.2) is 0 Å². The molecule has 0 fully saturated rings. The van der Waals surface area contributed by atoms with Crippen LogP contribution in [0.4, 0.5) is 0 Å². The molecular formula is C16H19NO3. The SMILES string of the molecule is NCC(O)COc1ccccc1OCc1ccccc1. The molecule has 2 aromatic rings. The maximum absolute atomic E-state index is 9.43. The number of benzene rings is 2. The Morgan fingerprint density at radius 3 is 2.15 bits per heavy atom. The summed E-state index contributed by atoms with van der Waals surface area (Å²) in [6.45, 7) is 0.801. The first-order valence-electron chi connectivity index (χ1n) is 6.56. The summed E-state index contributed by atoms with van der Waals surface area (Å²) < 4.78 is 11.3. The molecular weight excluding hydrogens is 254 g/mol. The van der Waals surface area contributed by atoms with E-state index in [0.29, 0.717) is 18.1 Å². The van der Waals surface area contributed by atoms with Crippen LogP contribution in [0.15, 0.2) is 54.6 Å². The minimum atomic E-state index is -0.669. The third-order valence-electron chi connectivity index (χ3n) is 2.79. The fraction of sp³-hybridized carbons (Fsp3) is 0.250. The van der Waals surface area contributed by atoms with Crippen molar-refractivity contribution in [2.24, 2.45) is 5.73 Å². The first-order valence-corrected chi connectivity index (χ1v) is 6.56. The monoisotopic (exact) mass is 273 g/mol. The predicted molar refractivity (Wildman–Crippen MR) is 77.8 cm³/mol. The lowest BCUT2D eigenvalue weighted by Gasteiger charge is -2.14. The standard InChI is InChI=1S/C16H19NO3/c17-10-14(18)12-20-16-9-5-4-8-15(16)19-11-13-6-2-1-3-7-13/h1-9,14,18H,10-12,17H2. The molecule has 0 amide bonds. The summed E-state index contributed by atoms with van der Waals surface area (Å²) in [4.78, 5) is 0. The molecule has 0 saturated heterocycles. The Balaban J connectivity index is 1.97. The van der Waals surface area contributed by atoms with Crippen molar-refractivity contribution in [1.29, 1.82) is 0 Å². The van der Waals surface area contributed by atoms with E-state index in [1.807, 2.05) is 54.6 Å². The van der Waals surface area contributed by atoms with Gasteiger partial charge < -0.3 is 20.3 Å². The summed E-state index contributed by atoms with van der Waals surface area (Å²) in [6.07, 6.45) is -0.669. The van der Waals surface area contributed by atoms with Crippen LogP contribution in [0.3, 0.4) is 0 Å². The second kappa shape index (κ2) is 7.53. The van der Waals surface area contributed by atoms with Crippen LogP contribution in [-0.4, -0.2) is 24.4 Å². The van der Waals surface area contributed by atoms with Crippen molar-refractivity contribution < 1.29 is 14.6 Å². The zero-order valence-electron chi connectivity index (χ0n) is 11.2. The Kier molecular flexibility index (Phi) is 5.41. The van der Waals surface area contributed by atoms with Crippen molar-refractivity contribution in [2.75, 3.05) is 13.2 Å². The van der Waals surface area contributed by atoms with E-state index in [4.69, 9.17) is 15.2 Å². The third kappa shape index (κ3) is 4.26. The van der Waals surface area contributed by atoms with E-state index in [-0.39, 0.29) is 13.2 Å². The smallest absolute Gasteiger partial charge is 0.161 e. The van der Waals surface area contributed by atoms with Gasteiger partial charge in [0.2, 0.25) is 0 Å². The van der Waals surface area contributed by atoms with Gasteiger partial charge >= 0.3 is 0 Å². The number of aliphatic hydroxyl groups excluding tert-OH is 1. The average Bonchev–Trinajstić information content (AvgIpc) is 2.52. The van der Waals surface area contributed by atoms with Gasteiger partial charge in [0.15, 0.2) is 11.5 Å². The van der Waals surface area contributed by atoms with Crippen LogP contribution in [0.25, 0.3) is 0 Å². The van der Waals surface area contributed by atoms with Gasteiger partial charge in [-0.1, -0.05) is 42.5 Å². The van der Waals surface area contributed by atoms with E-state index in [0.717, 1.165) is 5.56 Å². The summed E-state index contributed by atoms with van der Waals surface area (Å²) in [5.74, 6) is 1.26. The molecule has 0 aromatic heterocycles. The normalized spacial score (nSPS) is 11.9. The van der Waals surface area contributed by atoms with E-state index in [1.165, 1.54) is 0 Å². The van der Waals surface area contributed by atoms with Crippen LogP contribution in [0, 0.1) is 0 Å². The van der Waals surface area contributed by atoms with Crippen LogP contribution in [0.5, 0.6) is 11.5 Å². The van der Waals surface area contributed by atoms with Gasteiger partial charge in [0, 0.05) is 6.54 Å². The third-order valence-corrected chi connectivity index (χ3v) is 2.79. The van der Waals surface area contributed by atoms with Crippen molar-refractivity contribution in [3.8, 4) is 11.5 Å². The highest BCUT2D eigenvalue weighted by Gasteiger charge is 2.07. The molecule has 0 spiro atoms. The highest BCUT2D eigenvalue weighted by molar-refractivity contribution is 5.39. The first kappa shape index (κ1) is 14.4. The van der Waals surface area contributed by atoms with E-state index < -0.39 is 6.10 Å². The molecule has 20 heavy (non-hydrogen) atoms. The summed E-state index contributed by atoms with van der Waals surface area (Å²) in [7, 11) is 0. The van der Waals surface area contributed by atoms with Crippen LogP contribution in [0.1, 0.15) is 5.56 Å². The fourth-order valence-corrected chi connectivity index (χ4v) is 1.68. The molecule has 106 valence electrons. The maximum atomic E-state index is 9.43. The van der Waals surface area contributed by atoms with Gasteiger partial charge in [0.1, 0.15) is 19.3 Å². The minimum absolute atomic E-state index is 0.155. The van der Waals surface area contributed by atoms with Gasteiger partial charge in [-0.05, 0) is 17.7 Å². The van der Waals surface area contributed by atoms with Crippen LogP contribution >= 0.6 is 0 Å². The Hall–Kier alpha value is -2.04. The molecule has 2 aromatic carbocycles. The number of rotatable bonds is 7. The second-order valence-corrected chi connectivity index (χ2v) is 4.42. The minimum Gasteiger partial charge on any atom is -0.487 e. The largest absolute Gasteiger partial charge is 0.487 e. The number of aliphatic hydroxyl groups is 1. The molecule has 0 aliphatic carbocycles. The summed E-state index contributed by atoms with van der Waals surface area (Å²) in [6, 6.07) is 17.3. The Labute approximate surface area is 118 Å². The molecule has 0 bridgehead atoms. The lowest BCUT2D eigenvalue weighted by atomic mass is 10.2. The summed E-state index contributed by atoms with van der Waals surface area (Å²) >= 11 is 0. The molecule has 1 atom stereocenters. The molecule has 0 heterocycles. The molecule has 3 N–H and O–H groups in total. The van der Waals surface area contributed by atoms with Gasteiger partial charge in [-0.2, -0.15) is 0 Å². The lowest BCUT2D eigenvalue weighted by molar-refractivity contribution is 0.111. The molecule has 4 nitrogen and oxygen atoms in total. The van der Waals surface area contributed by atoms with Gasteiger partial charge in [0.25, 0.3) is 0 Å². The van der Waals surface area contributed by atoms with Gasteiger partial charge in [-0.15, -0.1) is 0 Å². The molecule has 0 radical (unpaired) electrons. The summed E-state index contributed by atoms with van der Waals surface area (Å²) in [5.41, 5.74) is 6.43. The maximum Gasteiger partial charge on any atom is 0.161 e. The Bertz CT molecular complexity index is 516. The fourth-order valence-electron chi connectivity index (χ4n) is 1.68. The number of ether oxygens (including phenoxy) is 2. The number of para-hydroxylation sites is 2. The van der Waals surface area contributed by atoms with E-state index >= 15 is 0 Å². The molecule has 0 aliphatic heterocycles.